The predicted molar refractivity (Wildman–Crippen MR) is 84.2 cm³/mol. The zero-order valence-electron chi connectivity index (χ0n) is 13.8. The van der Waals surface area contributed by atoms with Gasteiger partial charge < -0.3 is 14.2 Å². The number of carbonyl (C=O) groups is 1. The molecule has 0 atom stereocenters. The molecule has 1 aromatic carbocycles. The number of ether oxygens (including phenoxy) is 3. The van der Waals surface area contributed by atoms with Crippen LogP contribution in [0.4, 0.5) is 0 Å². The van der Waals surface area contributed by atoms with Gasteiger partial charge >= 0.3 is 0 Å². The SMILES string of the molecule is COc1cc(C=C(C#N)C(=O)C(C)(C)C)cc(OC)c1OC. The summed E-state index contributed by atoms with van der Waals surface area (Å²) in [5.41, 5.74) is 0.0905. The Morgan fingerprint density at radius 3 is 1.91 bits per heavy atom. The van der Waals surface area contributed by atoms with Crippen LogP contribution in [-0.2, 0) is 4.79 Å². The van der Waals surface area contributed by atoms with Crippen molar-refractivity contribution >= 4 is 11.9 Å². The van der Waals surface area contributed by atoms with Gasteiger partial charge in [0, 0.05) is 5.41 Å². The zero-order valence-corrected chi connectivity index (χ0v) is 13.8. The van der Waals surface area contributed by atoms with Crippen molar-refractivity contribution in [2.75, 3.05) is 21.3 Å². The first-order valence-corrected chi connectivity index (χ1v) is 6.75. The molecule has 0 amide bonds. The minimum atomic E-state index is -0.623. The topological polar surface area (TPSA) is 68.5 Å². The molecule has 0 aliphatic rings. The van der Waals surface area contributed by atoms with Crippen LogP contribution in [-0.4, -0.2) is 27.1 Å². The lowest BCUT2D eigenvalue weighted by Gasteiger charge is -2.16. The second-order valence-corrected chi connectivity index (χ2v) is 5.71. The first-order valence-electron chi connectivity index (χ1n) is 6.75. The van der Waals surface area contributed by atoms with Crippen LogP contribution in [0, 0.1) is 16.7 Å². The van der Waals surface area contributed by atoms with Crippen molar-refractivity contribution in [1.29, 1.82) is 5.26 Å². The van der Waals surface area contributed by atoms with E-state index in [1.54, 1.807) is 32.9 Å². The van der Waals surface area contributed by atoms with Gasteiger partial charge in [0.1, 0.15) is 6.07 Å². The molecule has 0 aliphatic heterocycles. The summed E-state index contributed by atoms with van der Waals surface area (Å²) in [5, 5.41) is 9.25. The minimum Gasteiger partial charge on any atom is -0.493 e. The number of methoxy groups -OCH3 is 3. The largest absolute Gasteiger partial charge is 0.493 e. The van der Waals surface area contributed by atoms with Gasteiger partial charge in [0.05, 0.1) is 26.9 Å². The van der Waals surface area contributed by atoms with Crippen LogP contribution in [0.3, 0.4) is 0 Å². The Morgan fingerprint density at radius 1 is 1.09 bits per heavy atom. The monoisotopic (exact) mass is 303 g/mol. The van der Waals surface area contributed by atoms with Crippen LogP contribution >= 0.6 is 0 Å². The van der Waals surface area contributed by atoms with E-state index in [4.69, 9.17) is 14.2 Å². The number of hydrogen-bond donors (Lipinski definition) is 0. The number of benzene rings is 1. The van der Waals surface area contributed by atoms with Gasteiger partial charge in [-0.2, -0.15) is 5.26 Å². The third-order valence-corrected chi connectivity index (χ3v) is 3.04. The normalized spacial score (nSPS) is 11.6. The highest BCUT2D eigenvalue weighted by Crippen LogP contribution is 2.38. The van der Waals surface area contributed by atoms with E-state index >= 15 is 0 Å². The number of rotatable bonds is 5. The Morgan fingerprint density at radius 2 is 1.59 bits per heavy atom. The van der Waals surface area contributed by atoms with Gasteiger partial charge in [-0.15, -0.1) is 0 Å². The number of hydrogen-bond acceptors (Lipinski definition) is 5. The molecule has 22 heavy (non-hydrogen) atoms. The molecule has 1 rings (SSSR count). The maximum absolute atomic E-state index is 12.3. The predicted octanol–water partition coefficient (Wildman–Crippen LogP) is 3.23. The van der Waals surface area contributed by atoms with Crippen molar-refractivity contribution in [1.82, 2.24) is 0 Å². The van der Waals surface area contributed by atoms with Gasteiger partial charge in [0.15, 0.2) is 17.3 Å². The lowest BCUT2D eigenvalue weighted by atomic mass is 9.86. The molecule has 1 aromatic rings. The van der Waals surface area contributed by atoms with Gasteiger partial charge in [-0.05, 0) is 23.8 Å². The summed E-state index contributed by atoms with van der Waals surface area (Å²) in [6.45, 7) is 5.32. The van der Waals surface area contributed by atoms with E-state index in [1.165, 1.54) is 27.4 Å². The van der Waals surface area contributed by atoms with Crippen molar-refractivity contribution in [2.45, 2.75) is 20.8 Å². The number of ketones is 1. The summed E-state index contributed by atoms with van der Waals surface area (Å²) < 4.78 is 15.8. The molecule has 0 aromatic heterocycles. The van der Waals surface area contributed by atoms with Gasteiger partial charge in [0.25, 0.3) is 0 Å². The molecule has 0 spiro atoms. The Hall–Kier alpha value is -2.48. The fourth-order valence-corrected chi connectivity index (χ4v) is 1.90. The van der Waals surface area contributed by atoms with Gasteiger partial charge in [-0.3, -0.25) is 4.79 Å². The van der Waals surface area contributed by atoms with Crippen LogP contribution in [0.1, 0.15) is 26.3 Å². The maximum atomic E-state index is 12.3. The number of nitriles is 1. The fraction of sp³-hybridized carbons (Fsp3) is 0.412. The molecule has 0 radical (unpaired) electrons. The highest BCUT2D eigenvalue weighted by Gasteiger charge is 2.25. The maximum Gasteiger partial charge on any atom is 0.203 e. The van der Waals surface area contributed by atoms with E-state index in [2.05, 4.69) is 0 Å². The molecule has 0 fully saturated rings. The van der Waals surface area contributed by atoms with Crippen LogP contribution in [0.5, 0.6) is 17.2 Å². The number of allylic oxidation sites excluding steroid dienone is 1. The second kappa shape index (κ2) is 6.99. The number of nitrogens with zero attached hydrogens (tertiary/aromatic N) is 1. The van der Waals surface area contributed by atoms with Crippen LogP contribution in [0.2, 0.25) is 0 Å². The average molecular weight is 303 g/mol. The van der Waals surface area contributed by atoms with Crippen molar-refractivity contribution in [3.8, 4) is 23.3 Å². The van der Waals surface area contributed by atoms with E-state index < -0.39 is 5.41 Å². The standard InChI is InChI=1S/C17H21NO4/c1-17(2,3)16(19)12(10-18)7-11-8-13(20-4)15(22-6)14(9-11)21-5/h7-9H,1-6H3. The minimum absolute atomic E-state index is 0.0850. The molecule has 0 aliphatic carbocycles. The van der Waals surface area contributed by atoms with Gasteiger partial charge in [-0.25, -0.2) is 0 Å². The Labute approximate surface area is 131 Å². The smallest absolute Gasteiger partial charge is 0.203 e. The number of Topliss-reactive ketones (excluding diaryl/α,β-unsaturated/α-hetero) is 1. The van der Waals surface area contributed by atoms with Gasteiger partial charge in [0.2, 0.25) is 5.75 Å². The quantitative estimate of drug-likeness (QED) is 0.617. The van der Waals surface area contributed by atoms with Crippen LogP contribution in [0.25, 0.3) is 6.08 Å². The van der Waals surface area contributed by atoms with E-state index in [0.717, 1.165) is 0 Å². The third-order valence-electron chi connectivity index (χ3n) is 3.04. The molecule has 0 unspecified atom stereocenters. The molecule has 0 saturated heterocycles. The Bertz CT molecular complexity index is 608. The number of carbonyl (C=O) groups excluding carboxylic acids is 1. The molecule has 5 nitrogen and oxygen atoms in total. The lowest BCUT2D eigenvalue weighted by molar-refractivity contribution is -0.121. The fourth-order valence-electron chi connectivity index (χ4n) is 1.90. The van der Waals surface area contributed by atoms with Gasteiger partial charge in [-0.1, -0.05) is 20.8 Å². The molecule has 0 N–H and O–H groups in total. The summed E-state index contributed by atoms with van der Waals surface area (Å²) in [5.74, 6) is 1.17. The average Bonchev–Trinajstić information content (AvgIpc) is 2.49. The van der Waals surface area contributed by atoms with Crippen molar-refractivity contribution in [3.63, 3.8) is 0 Å². The molecule has 118 valence electrons. The summed E-state index contributed by atoms with van der Waals surface area (Å²) in [6.07, 6.45) is 1.53. The van der Waals surface area contributed by atoms with E-state index in [-0.39, 0.29) is 11.4 Å². The summed E-state index contributed by atoms with van der Waals surface area (Å²) in [6, 6.07) is 5.34. The molecular formula is C17H21NO4. The third kappa shape index (κ3) is 3.79. The van der Waals surface area contributed by atoms with Crippen LogP contribution < -0.4 is 14.2 Å². The molecular weight excluding hydrogens is 282 g/mol. The highest BCUT2D eigenvalue weighted by atomic mass is 16.5. The summed E-state index contributed by atoms with van der Waals surface area (Å²) >= 11 is 0. The van der Waals surface area contributed by atoms with Crippen molar-refractivity contribution in [3.05, 3.63) is 23.3 Å². The lowest BCUT2D eigenvalue weighted by Crippen LogP contribution is -2.21. The molecule has 0 saturated carbocycles. The van der Waals surface area contributed by atoms with E-state index in [1.807, 2.05) is 6.07 Å². The first-order chi connectivity index (χ1) is 10.3. The second-order valence-electron chi connectivity index (χ2n) is 5.71. The molecule has 5 heteroatoms. The summed E-state index contributed by atoms with van der Waals surface area (Å²) in [4.78, 5) is 12.3. The van der Waals surface area contributed by atoms with E-state index in [9.17, 15) is 10.1 Å². The zero-order chi connectivity index (χ0) is 16.9. The Balaban J connectivity index is 3.41. The van der Waals surface area contributed by atoms with Crippen LogP contribution in [0.15, 0.2) is 17.7 Å². The summed E-state index contributed by atoms with van der Waals surface area (Å²) in [7, 11) is 4.53. The van der Waals surface area contributed by atoms with E-state index in [0.29, 0.717) is 22.8 Å². The van der Waals surface area contributed by atoms with Crippen molar-refractivity contribution < 1.29 is 19.0 Å². The first kappa shape index (κ1) is 17.6. The molecule has 0 heterocycles. The van der Waals surface area contributed by atoms with Crippen molar-refractivity contribution in [2.24, 2.45) is 5.41 Å². The Kier molecular flexibility index (Phi) is 5.58. The molecule has 0 bridgehead atoms. The highest BCUT2D eigenvalue weighted by molar-refractivity contribution is 6.06.